The molecule has 1 amide bonds. The Kier molecular flexibility index (Phi) is 12.1. The first-order valence-corrected chi connectivity index (χ1v) is 27.2. The lowest BCUT2D eigenvalue weighted by molar-refractivity contribution is -0.384. The number of piperidine rings is 2. The maximum absolute atomic E-state index is 14.7. The van der Waals surface area contributed by atoms with Crippen molar-refractivity contribution in [3.05, 3.63) is 99.7 Å². The third-order valence-electron chi connectivity index (χ3n) is 16.7. The summed E-state index contributed by atoms with van der Waals surface area (Å²) in [5.41, 5.74) is 5.19. The predicted octanol–water partition coefficient (Wildman–Crippen LogP) is 8.50. The Morgan fingerprint density at radius 3 is 2.53 bits per heavy atom. The van der Waals surface area contributed by atoms with Crippen molar-refractivity contribution in [1.82, 2.24) is 24.5 Å². The number of pyridine rings is 1. The number of nitrogens with one attached hydrogen (secondary N) is 3. The molecule has 1 saturated carbocycles. The van der Waals surface area contributed by atoms with Crippen LogP contribution in [0.15, 0.2) is 77.8 Å². The van der Waals surface area contributed by atoms with Crippen LogP contribution < -0.4 is 29.3 Å². The number of halogens is 2. The summed E-state index contributed by atoms with van der Waals surface area (Å²) in [5, 5.41) is 16.4. The van der Waals surface area contributed by atoms with Crippen LogP contribution in [0.4, 0.5) is 37.2 Å². The molecule has 4 saturated heterocycles. The van der Waals surface area contributed by atoms with Crippen LogP contribution in [0.25, 0.3) is 11.0 Å². The molecule has 0 radical (unpaired) electrons. The molecule has 5 fully saturated rings. The van der Waals surface area contributed by atoms with Gasteiger partial charge in [0, 0.05) is 87.1 Å². The Bertz CT molecular complexity index is 3070. The number of anilines is 4. The molecule has 12 rings (SSSR count). The third kappa shape index (κ3) is 8.90. The minimum absolute atomic E-state index is 0.00496. The van der Waals surface area contributed by atoms with Crippen molar-refractivity contribution in [3.8, 4) is 11.6 Å². The van der Waals surface area contributed by atoms with E-state index in [0.29, 0.717) is 47.4 Å². The highest BCUT2D eigenvalue weighted by atomic mass is 32.2. The first kappa shape index (κ1) is 47.9. The van der Waals surface area contributed by atoms with E-state index in [1.54, 1.807) is 12.3 Å². The molecule has 73 heavy (non-hydrogen) atoms. The highest BCUT2D eigenvalue weighted by Gasteiger charge is 2.50. The fourth-order valence-electron chi connectivity index (χ4n) is 12.8. The number of nitrogens with zero attached hydrogens (tertiary/aromatic N) is 6. The molecule has 17 nitrogen and oxygen atoms in total. The topological polar surface area (TPSA) is 188 Å². The van der Waals surface area contributed by atoms with Crippen molar-refractivity contribution < 1.29 is 41.1 Å². The second-order valence-corrected chi connectivity index (χ2v) is 23.3. The summed E-state index contributed by atoms with van der Waals surface area (Å²) in [6, 6.07) is 20.5. The van der Waals surface area contributed by atoms with Crippen LogP contribution in [0.5, 0.6) is 11.6 Å². The Balaban J connectivity index is 0.814. The van der Waals surface area contributed by atoms with E-state index in [2.05, 4.69) is 62.9 Å². The molecule has 20 heteroatoms. The van der Waals surface area contributed by atoms with Gasteiger partial charge in [0.05, 0.1) is 46.4 Å². The van der Waals surface area contributed by atoms with E-state index in [1.807, 2.05) is 34.1 Å². The SMILES string of the molecule is CC(C)c1ccccc1[C@@H]1CCCN1C1CC2(CCN(c3ccc(C(=O)NS(=O)(=O)c4cc5c(c([N+](=O)[O-])c4)N[C@@H](CN4CCC(F)(F)CC4)CO5)c(N4c5cc6cc[nH]c6nc5O[C@H]5COC[C@@H]54)c3)CC2)C1. The molecule has 0 unspecified atom stereocenters. The summed E-state index contributed by atoms with van der Waals surface area (Å²) in [7, 11) is -4.76. The Hall–Kier alpha value is -6.09. The summed E-state index contributed by atoms with van der Waals surface area (Å²) in [4.78, 5) is 42.9. The van der Waals surface area contributed by atoms with Crippen LogP contribution in [0.1, 0.15) is 98.7 Å². The zero-order valence-electron chi connectivity index (χ0n) is 41.0. The Labute approximate surface area is 422 Å². The van der Waals surface area contributed by atoms with Gasteiger partial charge < -0.3 is 39.2 Å². The van der Waals surface area contributed by atoms with E-state index in [0.717, 1.165) is 55.7 Å². The first-order chi connectivity index (χ1) is 35.1. The molecule has 7 aliphatic rings. The number of amides is 1. The summed E-state index contributed by atoms with van der Waals surface area (Å²) >= 11 is 0. The lowest BCUT2D eigenvalue weighted by atomic mass is 9.59. The van der Waals surface area contributed by atoms with E-state index < -0.39 is 55.5 Å². The molecule has 2 aromatic heterocycles. The van der Waals surface area contributed by atoms with Crippen LogP contribution in [0.3, 0.4) is 0 Å². The smallest absolute Gasteiger partial charge is 0.297 e. The monoisotopic (exact) mass is 1020 g/mol. The second kappa shape index (κ2) is 18.4. The van der Waals surface area contributed by atoms with Gasteiger partial charge in [-0.2, -0.15) is 4.98 Å². The third-order valence-corrected chi connectivity index (χ3v) is 18.0. The van der Waals surface area contributed by atoms with Gasteiger partial charge in [-0.15, -0.1) is 0 Å². The molecule has 4 atom stereocenters. The van der Waals surface area contributed by atoms with Crippen LogP contribution >= 0.6 is 0 Å². The van der Waals surface area contributed by atoms with Crippen molar-refractivity contribution in [2.45, 2.75) is 112 Å². The Morgan fingerprint density at radius 2 is 1.75 bits per heavy atom. The lowest BCUT2D eigenvalue weighted by Crippen LogP contribution is -2.55. The average molecular weight is 1020 g/mol. The molecule has 8 heterocycles. The second-order valence-electron chi connectivity index (χ2n) is 21.6. The van der Waals surface area contributed by atoms with E-state index in [9.17, 15) is 32.1 Å². The van der Waals surface area contributed by atoms with Crippen molar-refractivity contribution in [3.63, 3.8) is 0 Å². The molecule has 386 valence electrons. The maximum Gasteiger partial charge on any atom is 0.297 e. The first-order valence-electron chi connectivity index (χ1n) is 25.8. The van der Waals surface area contributed by atoms with Crippen molar-refractivity contribution in [2.24, 2.45) is 5.41 Å². The van der Waals surface area contributed by atoms with Crippen molar-refractivity contribution in [1.29, 1.82) is 0 Å². The van der Waals surface area contributed by atoms with Crippen LogP contribution in [0, 0.1) is 15.5 Å². The lowest BCUT2D eigenvalue weighted by Gasteiger charge is -2.56. The highest BCUT2D eigenvalue weighted by Crippen LogP contribution is 2.55. The molecule has 3 aromatic carbocycles. The Morgan fingerprint density at radius 1 is 0.959 bits per heavy atom. The molecule has 5 aromatic rings. The fraction of sp³-hybridized carbons (Fsp3) is 0.509. The average Bonchev–Trinajstić information content (AvgIpc) is 4.16. The van der Waals surface area contributed by atoms with Gasteiger partial charge in [-0.25, -0.2) is 21.9 Å². The number of hydrogen-bond donors (Lipinski definition) is 3. The number of nitro groups is 1. The number of alkyl halides is 2. The highest BCUT2D eigenvalue weighted by molar-refractivity contribution is 7.90. The molecule has 1 aliphatic carbocycles. The zero-order valence-corrected chi connectivity index (χ0v) is 41.8. The molecule has 1 spiro atoms. The minimum Gasteiger partial charge on any atom is -0.489 e. The fourth-order valence-corrected chi connectivity index (χ4v) is 13.8. The quantitative estimate of drug-likeness (QED) is 0.0844. The number of benzene rings is 3. The van der Waals surface area contributed by atoms with E-state index >= 15 is 0 Å². The summed E-state index contributed by atoms with van der Waals surface area (Å²) in [5.74, 6) is -2.94. The number of aromatic nitrogens is 2. The van der Waals surface area contributed by atoms with Gasteiger partial charge in [-0.1, -0.05) is 38.1 Å². The number of rotatable bonds is 11. The van der Waals surface area contributed by atoms with E-state index in [1.165, 1.54) is 36.8 Å². The summed E-state index contributed by atoms with van der Waals surface area (Å²) in [6.07, 6.45) is 7.59. The number of likely N-dealkylation sites (tertiary alicyclic amines) is 2. The number of fused-ring (bicyclic) bond motifs is 4. The van der Waals surface area contributed by atoms with Gasteiger partial charge >= 0.3 is 0 Å². The van der Waals surface area contributed by atoms with E-state index in [4.69, 9.17) is 19.2 Å². The maximum atomic E-state index is 14.7. The number of sulfonamides is 1. The predicted molar refractivity (Wildman–Crippen MR) is 271 cm³/mol. The summed E-state index contributed by atoms with van der Waals surface area (Å²) < 4.78 is 76.9. The number of carbonyl (C=O) groups excluding carboxylic acids is 1. The molecule has 6 aliphatic heterocycles. The van der Waals surface area contributed by atoms with Gasteiger partial charge in [0.25, 0.3) is 27.5 Å². The number of hydrogen-bond acceptors (Lipinski definition) is 14. The number of nitro benzene ring substituents is 1. The summed E-state index contributed by atoms with van der Waals surface area (Å²) in [6.45, 7) is 8.51. The van der Waals surface area contributed by atoms with Crippen LogP contribution in [-0.4, -0.2) is 128 Å². The molecule has 0 bridgehead atoms. The van der Waals surface area contributed by atoms with Gasteiger partial charge in [-0.3, -0.25) is 19.8 Å². The van der Waals surface area contributed by atoms with Gasteiger partial charge in [0.15, 0.2) is 11.4 Å². The van der Waals surface area contributed by atoms with Crippen molar-refractivity contribution >= 4 is 55.4 Å². The normalized spacial score (nSPS) is 24.8. The largest absolute Gasteiger partial charge is 0.489 e. The minimum atomic E-state index is -4.76. The number of carbonyl (C=O) groups is 1. The van der Waals surface area contributed by atoms with Crippen molar-refractivity contribution in [2.75, 3.05) is 74.2 Å². The van der Waals surface area contributed by atoms with E-state index in [-0.39, 0.29) is 68.2 Å². The van der Waals surface area contributed by atoms with Crippen LogP contribution in [0.2, 0.25) is 0 Å². The standard InChI is InChI=1S/C53H61F2N9O8S/c1-32(2)38-6-3-4-7-39(38)41-8-5-17-62(41)36-26-52(27-36)12-20-61(21-13-52)35-9-10-40(42(23-35)63-44-22-33-11-16-56-49(33)58-51(44)72-47-31-70-30-45(47)63)50(65)59-73(68,69)37-24-43(64(66)67)48-46(25-37)71-29-34(57-48)28-60-18-14-53(54,55)15-19-60/h3-4,6-7,9-11,16,22-25,32,34,36,41,45,47,57H,5,8,12-15,17-21,26-31H2,1-2H3,(H,56,58)(H,59,65)/t34-,41-,45-,47-/m0/s1. The van der Waals surface area contributed by atoms with Gasteiger partial charge in [0.2, 0.25) is 5.88 Å². The van der Waals surface area contributed by atoms with Gasteiger partial charge in [-0.05, 0) is 97.9 Å². The zero-order chi connectivity index (χ0) is 50.4. The molecular weight excluding hydrogens is 961 g/mol. The van der Waals surface area contributed by atoms with Crippen LogP contribution in [-0.2, 0) is 14.8 Å². The van der Waals surface area contributed by atoms with Gasteiger partial charge in [0.1, 0.15) is 24.0 Å². The number of aromatic amines is 1. The molecule has 3 N–H and O–H groups in total. The molecular formula is C53H61F2N9O8S. The number of ether oxygens (including phenoxy) is 3. The number of H-pyrrole nitrogens is 1.